The zero-order valence-corrected chi connectivity index (χ0v) is 11.0. The molecule has 0 radical (unpaired) electrons. The molecule has 0 aliphatic rings. The number of aryl methyl sites for hydroxylation is 1. The van der Waals surface area contributed by atoms with Crippen LogP contribution in [0.15, 0.2) is 48.5 Å². The maximum absolute atomic E-state index is 12.4. The van der Waals surface area contributed by atoms with E-state index >= 15 is 0 Å². The minimum absolute atomic E-state index is 0.0592. The van der Waals surface area contributed by atoms with Crippen molar-refractivity contribution in [3.05, 3.63) is 70.2 Å². The van der Waals surface area contributed by atoms with E-state index in [2.05, 4.69) is 6.07 Å². The van der Waals surface area contributed by atoms with Crippen molar-refractivity contribution in [2.24, 2.45) is 0 Å². The van der Waals surface area contributed by atoms with E-state index in [9.17, 15) is 4.79 Å². The maximum Gasteiger partial charge on any atom is 0.193 e. The number of halogens is 1. The van der Waals surface area contributed by atoms with Gasteiger partial charge in [-0.15, -0.1) is 0 Å². The minimum atomic E-state index is -0.0592. The van der Waals surface area contributed by atoms with Gasteiger partial charge in [-0.2, -0.15) is 5.26 Å². The lowest BCUT2D eigenvalue weighted by atomic mass is 9.96. The van der Waals surface area contributed by atoms with Crippen LogP contribution in [-0.4, -0.2) is 5.78 Å². The van der Waals surface area contributed by atoms with Crippen molar-refractivity contribution < 1.29 is 4.79 Å². The summed E-state index contributed by atoms with van der Waals surface area (Å²) in [6, 6.07) is 16.4. The number of nitrogens with zero attached hydrogens (tertiary/aromatic N) is 1. The van der Waals surface area contributed by atoms with Crippen LogP contribution in [0.5, 0.6) is 0 Å². The number of rotatable bonds is 4. The number of benzene rings is 2. The summed E-state index contributed by atoms with van der Waals surface area (Å²) in [7, 11) is 0. The lowest BCUT2D eigenvalue weighted by Gasteiger charge is -2.08. The Morgan fingerprint density at radius 1 is 1.16 bits per heavy atom. The second kappa shape index (κ2) is 6.17. The standard InChI is InChI=1S/C16H12ClNO/c17-14-9-8-12(7-4-10-18)15(11-14)16(19)13-5-2-1-3-6-13/h1-3,5-6,8-9,11H,4,7H2. The van der Waals surface area contributed by atoms with Crippen LogP contribution < -0.4 is 0 Å². The van der Waals surface area contributed by atoms with Gasteiger partial charge >= 0.3 is 0 Å². The Bertz CT molecular complexity index is 629. The van der Waals surface area contributed by atoms with E-state index in [1.165, 1.54) is 0 Å². The Morgan fingerprint density at radius 3 is 2.58 bits per heavy atom. The lowest BCUT2D eigenvalue weighted by Crippen LogP contribution is -2.05. The molecule has 0 fully saturated rings. The molecule has 3 heteroatoms. The number of carbonyl (C=O) groups is 1. The highest BCUT2D eigenvalue weighted by atomic mass is 35.5. The Labute approximate surface area is 117 Å². The summed E-state index contributed by atoms with van der Waals surface area (Å²) in [6.07, 6.45) is 0.943. The van der Waals surface area contributed by atoms with E-state index in [0.717, 1.165) is 5.56 Å². The van der Waals surface area contributed by atoms with Gasteiger partial charge in [-0.1, -0.05) is 48.0 Å². The smallest absolute Gasteiger partial charge is 0.193 e. The molecule has 0 bridgehead atoms. The zero-order valence-electron chi connectivity index (χ0n) is 10.3. The Kier molecular flexibility index (Phi) is 4.33. The van der Waals surface area contributed by atoms with E-state index in [1.807, 2.05) is 24.3 Å². The number of hydrogen-bond donors (Lipinski definition) is 0. The van der Waals surface area contributed by atoms with Crippen molar-refractivity contribution in [1.29, 1.82) is 5.26 Å². The Morgan fingerprint density at radius 2 is 1.89 bits per heavy atom. The normalized spacial score (nSPS) is 9.89. The van der Waals surface area contributed by atoms with E-state index in [1.54, 1.807) is 24.3 Å². The van der Waals surface area contributed by atoms with Crippen LogP contribution in [0.25, 0.3) is 0 Å². The van der Waals surface area contributed by atoms with Crippen LogP contribution in [0.3, 0.4) is 0 Å². The van der Waals surface area contributed by atoms with Crippen molar-refractivity contribution in [3.8, 4) is 6.07 Å². The molecule has 0 amide bonds. The number of carbonyl (C=O) groups excluding carboxylic acids is 1. The second-order valence-electron chi connectivity index (χ2n) is 4.15. The molecule has 2 aromatic carbocycles. The molecule has 0 aliphatic heterocycles. The fraction of sp³-hybridized carbons (Fsp3) is 0.125. The molecule has 0 aliphatic carbocycles. The van der Waals surface area contributed by atoms with Gasteiger partial charge in [0.2, 0.25) is 0 Å². The molecule has 2 aromatic rings. The third kappa shape index (κ3) is 3.21. The van der Waals surface area contributed by atoms with Gasteiger partial charge in [-0.05, 0) is 24.1 Å². The van der Waals surface area contributed by atoms with Crippen LogP contribution in [0.4, 0.5) is 0 Å². The van der Waals surface area contributed by atoms with E-state index in [4.69, 9.17) is 16.9 Å². The molecule has 0 saturated heterocycles. The molecule has 2 nitrogen and oxygen atoms in total. The highest BCUT2D eigenvalue weighted by molar-refractivity contribution is 6.31. The average Bonchev–Trinajstić information content (AvgIpc) is 2.46. The van der Waals surface area contributed by atoms with Crippen LogP contribution in [0, 0.1) is 11.3 Å². The summed E-state index contributed by atoms with van der Waals surface area (Å²) in [5.41, 5.74) is 2.07. The summed E-state index contributed by atoms with van der Waals surface area (Å²) in [5.74, 6) is -0.0592. The number of nitriles is 1. The predicted octanol–water partition coefficient (Wildman–Crippen LogP) is 4.03. The van der Waals surface area contributed by atoms with Crippen molar-refractivity contribution in [2.45, 2.75) is 12.8 Å². The predicted molar refractivity (Wildman–Crippen MR) is 75.3 cm³/mol. The van der Waals surface area contributed by atoms with Crippen molar-refractivity contribution in [1.82, 2.24) is 0 Å². The second-order valence-corrected chi connectivity index (χ2v) is 4.59. The summed E-state index contributed by atoms with van der Waals surface area (Å²) >= 11 is 5.97. The zero-order chi connectivity index (χ0) is 13.7. The van der Waals surface area contributed by atoms with Gasteiger partial charge in [-0.25, -0.2) is 0 Å². The van der Waals surface area contributed by atoms with Crippen LogP contribution in [0.2, 0.25) is 5.02 Å². The van der Waals surface area contributed by atoms with Crippen LogP contribution >= 0.6 is 11.6 Å². The van der Waals surface area contributed by atoms with Crippen LogP contribution in [0.1, 0.15) is 27.9 Å². The fourth-order valence-electron chi connectivity index (χ4n) is 1.91. The third-order valence-corrected chi connectivity index (χ3v) is 3.09. The first-order valence-corrected chi connectivity index (χ1v) is 6.35. The van der Waals surface area contributed by atoms with E-state index in [-0.39, 0.29) is 5.78 Å². The molecular weight excluding hydrogens is 258 g/mol. The summed E-state index contributed by atoms with van der Waals surface area (Å²) in [6.45, 7) is 0. The topological polar surface area (TPSA) is 40.9 Å². The van der Waals surface area contributed by atoms with Gasteiger partial charge in [0.05, 0.1) is 6.07 Å². The number of hydrogen-bond acceptors (Lipinski definition) is 2. The summed E-state index contributed by atoms with van der Waals surface area (Å²) < 4.78 is 0. The monoisotopic (exact) mass is 269 g/mol. The number of ketones is 1. The first-order chi connectivity index (χ1) is 9.22. The molecule has 0 spiro atoms. The first-order valence-electron chi connectivity index (χ1n) is 5.97. The molecule has 2 rings (SSSR count). The van der Waals surface area contributed by atoms with Gasteiger partial charge < -0.3 is 0 Å². The SMILES string of the molecule is N#CCCc1ccc(Cl)cc1C(=O)c1ccccc1. The molecule has 0 atom stereocenters. The van der Waals surface area contributed by atoms with Crippen LogP contribution in [-0.2, 0) is 6.42 Å². The summed E-state index contributed by atoms with van der Waals surface area (Å²) in [5, 5.41) is 9.20. The first kappa shape index (κ1) is 13.3. The maximum atomic E-state index is 12.4. The Hall–Kier alpha value is -2.11. The molecule has 0 N–H and O–H groups in total. The van der Waals surface area contributed by atoms with Gasteiger partial charge in [-0.3, -0.25) is 4.79 Å². The van der Waals surface area contributed by atoms with Gasteiger partial charge in [0.15, 0.2) is 5.78 Å². The highest BCUT2D eigenvalue weighted by Crippen LogP contribution is 2.20. The molecule has 19 heavy (non-hydrogen) atoms. The molecule has 0 unspecified atom stereocenters. The molecule has 0 heterocycles. The quantitative estimate of drug-likeness (QED) is 0.787. The highest BCUT2D eigenvalue weighted by Gasteiger charge is 2.13. The van der Waals surface area contributed by atoms with Crippen molar-refractivity contribution in [3.63, 3.8) is 0 Å². The fourth-order valence-corrected chi connectivity index (χ4v) is 2.09. The van der Waals surface area contributed by atoms with E-state index < -0.39 is 0 Å². The molecule has 94 valence electrons. The van der Waals surface area contributed by atoms with Crippen molar-refractivity contribution in [2.75, 3.05) is 0 Å². The third-order valence-electron chi connectivity index (χ3n) is 2.86. The molecule has 0 aromatic heterocycles. The largest absolute Gasteiger partial charge is 0.289 e. The van der Waals surface area contributed by atoms with Gasteiger partial charge in [0.25, 0.3) is 0 Å². The Balaban J connectivity index is 2.40. The minimum Gasteiger partial charge on any atom is -0.289 e. The molecular formula is C16H12ClNO. The van der Waals surface area contributed by atoms with Crippen molar-refractivity contribution >= 4 is 17.4 Å². The lowest BCUT2D eigenvalue weighted by molar-refractivity contribution is 0.103. The van der Waals surface area contributed by atoms with Gasteiger partial charge in [0.1, 0.15) is 0 Å². The van der Waals surface area contributed by atoms with E-state index in [0.29, 0.717) is 29.0 Å². The van der Waals surface area contributed by atoms with Gasteiger partial charge in [0, 0.05) is 22.6 Å². The molecule has 0 saturated carbocycles. The average molecular weight is 270 g/mol. The summed E-state index contributed by atoms with van der Waals surface area (Å²) in [4.78, 5) is 12.4.